The summed E-state index contributed by atoms with van der Waals surface area (Å²) in [6, 6.07) is 6.06. The Hall–Kier alpha value is -2.47. The highest BCUT2D eigenvalue weighted by atomic mass is 35.5. The number of halogens is 3. The van der Waals surface area contributed by atoms with Gasteiger partial charge in [0.05, 0.1) is 16.3 Å². The standard InChI is InChI=1S/C14H8ClF2NO3/c15-11-2-1-7(14(20)21)5-12(11)18-13(19)8-3-9(16)6-10(17)4-8/h1-6H,(H,18,19)(H,20,21). The van der Waals surface area contributed by atoms with E-state index < -0.39 is 23.5 Å². The number of carboxylic acids is 1. The van der Waals surface area contributed by atoms with Crippen LogP contribution in [0.4, 0.5) is 14.5 Å². The molecule has 0 saturated heterocycles. The van der Waals surface area contributed by atoms with Crippen molar-refractivity contribution in [3.05, 3.63) is 64.2 Å². The van der Waals surface area contributed by atoms with E-state index in [1.54, 1.807) is 0 Å². The lowest BCUT2D eigenvalue weighted by Gasteiger charge is -2.08. The molecule has 0 aromatic heterocycles. The molecule has 4 nitrogen and oxygen atoms in total. The van der Waals surface area contributed by atoms with Gasteiger partial charge in [-0.15, -0.1) is 0 Å². The number of nitrogens with one attached hydrogen (secondary N) is 1. The smallest absolute Gasteiger partial charge is 0.335 e. The minimum Gasteiger partial charge on any atom is -0.478 e. The van der Waals surface area contributed by atoms with Gasteiger partial charge in [0.15, 0.2) is 0 Å². The van der Waals surface area contributed by atoms with Crippen LogP contribution in [0, 0.1) is 11.6 Å². The number of carbonyl (C=O) groups excluding carboxylic acids is 1. The second-order valence-corrected chi connectivity index (χ2v) is 4.52. The van der Waals surface area contributed by atoms with Crippen LogP contribution in [0.15, 0.2) is 36.4 Å². The van der Waals surface area contributed by atoms with Gasteiger partial charge < -0.3 is 10.4 Å². The first-order chi connectivity index (χ1) is 9.86. The molecule has 0 aliphatic carbocycles. The van der Waals surface area contributed by atoms with E-state index in [2.05, 4.69) is 5.32 Å². The third-order valence-electron chi connectivity index (χ3n) is 2.59. The van der Waals surface area contributed by atoms with E-state index in [0.29, 0.717) is 6.07 Å². The van der Waals surface area contributed by atoms with Crippen molar-refractivity contribution < 1.29 is 23.5 Å². The van der Waals surface area contributed by atoms with Crippen molar-refractivity contribution in [1.29, 1.82) is 0 Å². The summed E-state index contributed by atoms with van der Waals surface area (Å²) in [6.45, 7) is 0. The summed E-state index contributed by atoms with van der Waals surface area (Å²) in [7, 11) is 0. The molecule has 0 radical (unpaired) electrons. The summed E-state index contributed by atoms with van der Waals surface area (Å²) in [5, 5.41) is 11.3. The highest BCUT2D eigenvalue weighted by Gasteiger charge is 2.13. The molecular weight excluding hydrogens is 304 g/mol. The first kappa shape index (κ1) is 14.9. The molecule has 2 N–H and O–H groups in total. The fourth-order valence-corrected chi connectivity index (χ4v) is 1.80. The third kappa shape index (κ3) is 3.55. The molecule has 0 heterocycles. The largest absolute Gasteiger partial charge is 0.478 e. The van der Waals surface area contributed by atoms with Crippen molar-refractivity contribution in [1.82, 2.24) is 0 Å². The van der Waals surface area contributed by atoms with E-state index in [-0.39, 0.29) is 21.8 Å². The Morgan fingerprint density at radius 2 is 1.62 bits per heavy atom. The molecule has 21 heavy (non-hydrogen) atoms. The van der Waals surface area contributed by atoms with Gasteiger partial charge in [-0.25, -0.2) is 13.6 Å². The van der Waals surface area contributed by atoms with E-state index in [9.17, 15) is 18.4 Å². The van der Waals surface area contributed by atoms with Crippen LogP contribution < -0.4 is 5.32 Å². The molecule has 7 heteroatoms. The summed E-state index contributed by atoms with van der Waals surface area (Å²) >= 11 is 5.84. The van der Waals surface area contributed by atoms with Crippen LogP contribution >= 0.6 is 11.6 Å². The lowest BCUT2D eigenvalue weighted by atomic mass is 10.1. The van der Waals surface area contributed by atoms with Gasteiger partial charge in [-0.1, -0.05) is 11.6 Å². The fraction of sp³-hybridized carbons (Fsp3) is 0. The zero-order chi connectivity index (χ0) is 15.6. The molecule has 2 aromatic carbocycles. The van der Waals surface area contributed by atoms with Crippen LogP contribution in [0.5, 0.6) is 0 Å². The molecule has 0 atom stereocenters. The number of anilines is 1. The first-order valence-corrected chi connectivity index (χ1v) is 6.05. The Kier molecular flexibility index (Phi) is 4.18. The van der Waals surface area contributed by atoms with Crippen LogP contribution in [0.25, 0.3) is 0 Å². The zero-order valence-electron chi connectivity index (χ0n) is 10.4. The number of benzene rings is 2. The number of carbonyl (C=O) groups is 2. The van der Waals surface area contributed by atoms with E-state index in [1.165, 1.54) is 12.1 Å². The van der Waals surface area contributed by atoms with Crippen LogP contribution in [0.1, 0.15) is 20.7 Å². The molecule has 2 rings (SSSR count). The summed E-state index contributed by atoms with van der Waals surface area (Å²) in [5.74, 6) is -3.80. The van der Waals surface area contributed by atoms with Crippen molar-refractivity contribution in [2.45, 2.75) is 0 Å². The minimum absolute atomic E-state index is 0.0336. The first-order valence-electron chi connectivity index (χ1n) is 5.67. The second-order valence-electron chi connectivity index (χ2n) is 4.11. The van der Waals surface area contributed by atoms with E-state index in [4.69, 9.17) is 16.7 Å². The molecule has 0 unspecified atom stereocenters. The van der Waals surface area contributed by atoms with Gasteiger partial charge >= 0.3 is 5.97 Å². The molecule has 0 saturated carbocycles. The van der Waals surface area contributed by atoms with Gasteiger partial charge in [-0.05, 0) is 30.3 Å². The van der Waals surface area contributed by atoms with Crippen molar-refractivity contribution in [2.24, 2.45) is 0 Å². The fourth-order valence-electron chi connectivity index (χ4n) is 1.63. The maximum Gasteiger partial charge on any atom is 0.335 e. The number of hydrogen-bond donors (Lipinski definition) is 2. The minimum atomic E-state index is -1.20. The number of hydrogen-bond acceptors (Lipinski definition) is 2. The monoisotopic (exact) mass is 311 g/mol. The maximum absolute atomic E-state index is 13.1. The average molecular weight is 312 g/mol. The normalized spacial score (nSPS) is 10.2. The summed E-state index contributed by atoms with van der Waals surface area (Å²) in [5.41, 5.74) is -0.296. The van der Waals surface area contributed by atoms with Gasteiger partial charge in [0.2, 0.25) is 0 Å². The summed E-state index contributed by atoms with van der Waals surface area (Å²) in [6.07, 6.45) is 0. The van der Waals surface area contributed by atoms with Crippen LogP contribution in [0.3, 0.4) is 0 Å². The molecule has 2 aromatic rings. The van der Waals surface area contributed by atoms with Crippen molar-refractivity contribution >= 4 is 29.2 Å². The predicted octanol–water partition coefficient (Wildman–Crippen LogP) is 3.57. The Bertz CT molecular complexity index is 714. The van der Waals surface area contributed by atoms with Crippen LogP contribution in [0.2, 0.25) is 5.02 Å². The number of aromatic carboxylic acids is 1. The van der Waals surface area contributed by atoms with Gasteiger partial charge in [0, 0.05) is 11.6 Å². The molecule has 0 aliphatic rings. The lowest BCUT2D eigenvalue weighted by molar-refractivity contribution is 0.0696. The molecular formula is C14H8ClF2NO3. The van der Waals surface area contributed by atoms with Crippen molar-refractivity contribution in [3.63, 3.8) is 0 Å². The lowest BCUT2D eigenvalue weighted by Crippen LogP contribution is -2.13. The quantitative estimate of drug-likeness (QED) is 0.910. The Morgan fingerprint density at radius 3 is 2.19 bits per heavy atom. The molecule has 0 spiro atoms. The average Bonchev–Trinajstić information content (AvgIpc) is 2.39. The van der Waals surface area contributed by atoms with E-state index in [0.717, 1.165) is 18.2 Å². The van der Waals surface area contributed by atoms with Crippen molar-refractivity contribution in [3.8, 4) is 0 Å². The van der Waals surface area contributed by atoms with Gasteiger partial charge in [0.1, 0.15) is 11.6 Å². The van der Waals surface area contributed by atoms with Crippen molar-refractivity contribution in [2.75, 3.05) is 5.32 Å². The molecule has 0 fully saturated rings. The van der Waals surface area contributed by atoms with Gasteiger partial charge in [0.25, 0.3) is 5.91 Å². The maximum atomic E-state index is 13.1. The van der Waals surface area contributed by atoms with E-state index in [1.807, 2.05) is 0 Å². The topological polar surface area (TPSA) is 66.4 Å². The summed E-state index contributed by atoms with van der Waals surface area (Å²) < 4.78 is 26.1. The van der Waals surface area contributed by atoms with Crippen LogP contribution in [-0.2, 0) is 0 Å². The Labute approximate surface area is 123 Å². The molecule has 108 valence electrons. The highest BCUT2D eigenvalue weighted by molar-refractivity contribution is 6.34. The SMILES string of the molecule is O=C(O)c1ccc(Cl)c(NC(=O)c2cc(F)cc(F)c2)c1. The van der Waals surface area contributed by atoms with Crippen LogP contribution in [-0.4, -0.2) is 17.0 Å². The molecule has 1 amide bonds. The number of rotatable bonds is 3. The third-order valence-corrected chi connectivity index (χ3v) is 2.92. The molecule has 0 bridgehead atoms. The highest BCUT2D eigenvalue weighted by Crippen LogP contribution is 2.24. The molecule has 0 aliphatic heterocycles. The number of carboxylic acid groups (broad SMARTS) is 1. The van der Waals surface area contributed by atoms with Gasteiger partial charge in [-0.2, -0.15) is 0 Å². The second kappa shape index (κ2) is 5.88. The summed E-state index contributed by atoms with van der Waals surface area (Å²) in [4.78, 5) is 22.8. The Balaban J connectivity index is 2.31. The van der Waals surface area contributed by atoms with E-state index >= 15 is 0 Å². The van der Waals surface area contributed by atoms with Gasteiger partial charge in [-0.3, -0.25) is 4.79 Å². The predicted molar refractivity (Wildman–Crippen MR) is 72.7 cm³/mol. The zero-order valence-corrected chi connectivity index (χ0v) is 11.1. The number of amides is 1. The Morgan fingerprint density at radius 1 is 1.00 bits per heavy atom.